The average molecular weight is 247 g/mol. The van der Waals surface area contributed by atoms with Gasteiger partial charge in [0, 0.05) is 19.0 Å². The van der Waals surface area contributed by atoms with Gasteiger partial charge >= 0.3 is 0 Å². The van der Waals surface area contributed by atoms with E-state index in [4.69, 9.17) is 0 Å². The predicted molar refractivity (Wildman–Crippen MR) is 70.5 cm³/mol. The molecule has 0 heterocycles. The molecule has 0 bridgehead atoms. The maximum absolute atomic E-state index is 12.5. The predicted octanol–water partition coefficient (Wildman–Crippen LogP) is 4.39. The van der Waals surface area contributed by atoms with Crippen molar-refractivity contribution < 1.29 is 8.78 Å². The van der Waals surface area contributed by atoms with Crippen LogP contribution in [0, 0.1) is 5.41 Å². The summed E-state index contributed by atoms with van der Waals surface area (Å²) < 4.78 is 25.1. The highest BCUT2D eigenvalue weighted by molar-refractivity contribution is 4.93. The molecule has 0 spiro atoms. The second-order valence-electron chi connectivity index (χ2n) is 6.67. The zero-order chi connectivity index (χ0) is 13.7. The van der Waals surface area contributed by atoms with E-state index >= 15 is 0 Å². The first-order valence-electron chi connectivity index (χ1n) is 6.22. The minimum absolute atomic E-state index is 0.101. The second-order valence-corrected chi connectivity index (χ2v) is 6.67. The zero-order valence-corrected chi connectivity index (χ0v) is 12.0. The van der Waals surface area contributed by atoms with Crippen LogP contribution in [0.25, 0.3) is 0 Å². The summed E-state index contributed by atoms with van der Waals surface area (Å²) in [7, 11) is 0. The monoisotopic (exact) mass is 247 g/mol. The molecular weight excluding hydrogens is 220 g/mol. The lowest BCUT2D eigenvalue weighted by Crippen LogP contribution is -2.41. The van der Waals surface area contributed by atoms with E-state index in [1.165, 1.54) is 0 Å². The Morgan fingerprint density at radius 2 is 1.53 bits per heavy atom. The van der Waals surface area contributed by atoms with E-state index in [0.29, 0.717) is 6.42 Å². The van der Waals surface area contributed by atoms with Crippen molar-refractivity contribution in [2.45, 2.75) is 65.8 Å². The Labute approximate surface area is 105 Å². The Balaban J connectivity index is 3.98. The molecule has 0 aromatic carbocycles. The number of halogens is 2. The topological polar surface area (TPSA) is 12.0 Å². The van der Waals surface area contributed by atoms with E-state index in [9.17, 15) is 8.78 Å². The van der Waals surface area contributed by atoms with Gasteiger partial charge in [-0.1, -0.05) is 19.9 Å². The van der Waals surface area contributed by atoms with Gasteiger partial charge in [-0.2, -0.15) is 0 Å². The van der Waals surface area contributed by atoms with Crippen molar-refractivity contribution in [2.75, 3.05) is 6.54 Å². The first-order valence-corrected chi connectivity index (χ1v) is 6.22. The summed E-state index contributed by atoms with van der Waals surface area (Å²) >= 11 is 0. The van der Waals surface area contributed by atoms with E-state index in [1.54, 1.807) is 6.08 Å². The molecule has 1 nitrogen and oxygen atoms in total. The zero-order valence-electron chi connectivity index (χ0n) is 12.0. The Bertz CT molecular complexity index is 244. The van der Waals surface area contributed by atoms with Crippen molar-refractivity contribution >= 4 is 0 Å². The van der Waals surface area contributed by atoms with Gasteiger partial charge in [0.05, 0.1) is 0 Å². The number of hydrogen-bond donors (Lipinski definition) is 1. The van der Waals surface area contributed by atoms with Gasteiger partial charge in [0.2, 0.25) is 0 Å². The SMILES string of the molecule is CC(F)(F)/C=C/CCC(C)(C)CNC(C)(C)C. The largest absolute Gasteiger partial charge is 0.312 e. The molecule has 3 heteroatoms. The van der Waals surface area contributed by atoms with Crippen LogP contribution in [0.5, 0.6) is 0 Å². The Morgan fingerprint density at radius 1 is 1.00 bits per heavy atom. The molecule has 17 heavy (non-hydrogen) atoms. The first-order chi connectivity index (χ1) is 7.41. The van der Waals surface area contributed by atoms with Gasteiger partial charge in [0.1, 0.15) is 0 Å². The molecule has 0 aromatic rings. The first kappa shape index (κ1) is 16.6. The molecule has 0 aliphatic carbocycles. The van der Waals surface area contributed by atoms with Crippen LogP contribution in [0.3, 0.4) is 0 Å². The van der Waals surface area contributed by atoms with Crippen molar-refractivity contribution in [3.8, 4) is 0 Å². The third-order valence-electron chi connectivity index (χ3n) is 2.50. The molecule has 0 aromatic heterocycles. The van der Waals surface area contributed by atoms with Gasteiger partial charge in [-0.3, -0.25) is 0 Å². The summed E-state index contributed by atoms with van der Waals surface area (Å²) in [4.78, 5) is 0. The normalized spacial score (nSPS) is 14.6. The minimum atomic E-state index is -2.69. The fourth-order valence-corrected chi connectivity index (χ4v) is 1.36. The summed E-state index contributed by atoms with van der Waals surface area (Å²) in [6.07, 6.45) is 4.17. The Hall–Kier alpha value is -0.440. The van der Waals surface area contributed by atoms with Crippen LogP contribution in [-0.4, -0.2) is 18.0 Å². The number of hydrogen-bond acceptors (Lipinski definition) is 1. The van der Waals surface area contributed by atoms with Gasteiger partial charge in [-0.05, 0) is 45.1 Å². The Morgan fingerprint density at radius 3 is 1.94 bits per heavy atom. The molecular formula is C14H27F2N. The van der Waals surface area contributed by atoms with Crippen LogP contribution in [0.2, 0.25) is 0 Å². The highest BCUT2D eigenvalue weighted by Gasteiger charge is 2.20. The van der Waals surface area contributed by atoms with Gasteiger partial charge in [-0.25, -0.2) is 8.78 Å². The third-order valence-corrected chi connectivity index (χ3v) is 2.50. The molecule has 0 fully saturated rings. The number of rotatable bonds is 6. The lowest BCUT2D eigenvalue weighted by molar-refractivity contribution is 0.0770. The summed E-state index contributed by atoms with van der Waals surface area (Å²) in [5.74, 6) is -2.69. The maximum atomic E-state index is 12.5. The Kier molecular flexibility index (Phi) is 5.79. The third kappa shape index (κ3) is 11.8. The summed E-state index contributed by atoms with van der Waals surface area (Å²) in [5.41, 5.74) is 0.226. The average Bonchev–Trinajstić information content (AvgIpc) is 2.07. The number of allylic oxidation sites excluding steroid dienone is 2. The van der Waals surface area contributed by atoms with Crippen LogP contribution in [0.15, 0.2) is 12.2 Å². The van der Waals surface area contributed by atoms with Crippen LogP contribution in [0.1, 0.15) is 54.4 Å². The highest BCUT2D eigenvalue weighted by Crippen LogP contribution is 2.23. The van der Waals surface area contributed by atoms with E-state index in [2.05, 4.69) is 39.9 Å². The van der Waals surface area contributed by atoms with Gasteiger partial charge in [0.15, 0.2) is 0 Å². The van der Waals surface area contributed by atoms with Crippen molar-refractivity contribution in [3.05, 3.63) is 12.2 Å². The molecule has 0 amide bonds. The van der Waals surface area contributed by atoms with Crippen LogP contribution in [0.4, 0.5) is 8.78 Å². The van der Waals surface area contributed by atoms with Crippen LogP contribution < -0.4 is 5.32 Å². The van der Waals surface area contributed by atoms with Crippen molar-refractivity contribution in [2.24, 2.45) is 5.41 Å². The van der Waals surface area contributed by atoms with E-state index in [1.807, 2.05) is 0 Å². The van der Waals surface area contributed by atoms with E-state index < -0.39 is 5.92 Å². The van der Waals surface area contributed by atoms with Crippen LogP contribution >= 0.6 is 0 Å². The molecule has 0 radical (unpaired) electrons. The quantitative estimate of drug-likeness (QED) is 0.686. The fraction of sp³-hybridized carbons (Fsp3) is 0.857. The standard InChI is InChI=1S/C14H27F2N/c1-12(2,3)17-11-13(4,5)9-7-8-10-14(6,15)16/h8,10,17H,7,9,11H2,1-6H3/b10-8+. The van der Waals surface area contributed by atoms with E-state index in [-0.39, 0.29) is 11.0 Å². The van der Waals surface area contributed by atoms with Crippen molar-refractivity contribution in [1.82, 2.24) is 5.32 Å². The highest BCUT2D eigenvalue weighted by atomic mass is 19.3. The molecule has 0 aliphatic heterocycles. The van der Waals surface area contributed by atoms with Gasteiger partial charge in [-0.15, -0.1) is 0 Å². The maximum Gasteiger partial charge on any atom is 0.263 e. The molecule has 1 N–H and O–H groups in total. The molecule has 0 saturated carbocycles. The summed E-state index contributed by atoms with van der Waals surface area (Å²) in [5, 5.41) is 3.45. The van der Waals surface area contributed by atoms with E-state index in [0.717, 1.165) is 26.0 Å². The molecule has 0 saturated heterocycles. The lowest BCUT2D eigenvalue weighted by Gasteiger charge is -2.30. The molecule has 0 atom stereocenters. The smallest absolute Gasteiger partial charge is 0.263 e. The van der Waals surface area contributed by atoms with Crippen LogP contribution in [-0.2, 0) is 0 Å². The minimum Gasteiger partial charge on any atom is -0.312 e. The summed E-state index contributed by atoms with van der Waals surface area (Å²) in [6, 6.07) is 0. The second kappa shape index (κ2) is 5.94. The molecule has 0 unspecified atom stereocenters. The van der Waals surface area contributed by atoms with Crippen molar-refractivity contribution in [1.29, 1.82) is 0 Å². The number of alkyl halides is 2. The lowest BCUT2D eigenvalue weighted by atomic mass is 9.86. The fourth-order valence-electron chi connectivity index (χ4n) is 1.36. The van der Waals surface area contributed by atoms with Gasteiger partial charge < -0.3 is 5.32 Å². The molecule has 102 valence electrons. The molecule has 0 rings (SSSR count). The van der Waals surface area contributed by atoms with Gasteiger partial charge in [0.25, 0.3) is 5.92 Å². The summed E-state index contributed by atoms with van der Waals surface area (Å²) in [6.45, 7) is 12.5. The number of nitrogens with one attached hydrogen (secondary N) is 1. The van der Waals surface area contributed by atoms with Crippen molar-refractivity contribution in [3.63, 3.8) is 0 Å². The molecule has 0 aliphatic rings.